The van der Waals surface area contributed by atoms with Gasteiger partial charge in [0.05, 0.1) is 0 Å². The van der Waals surface area contributed by atoms with E-state index in [1.165, 1.54) is 0 Å². The summed E-state index contributed by atoms with van der Waals surface area (Å²) in [6.07, 6.45) is 3.55. The molecule has 0 atom stereocenters. The molecule has 1 heterocycles. The van der Waals surface area contributed by atoms with Gasteiger partial charge in [-0.15, -0.1) is 0 Å². The lowest BCUT2D eigenvalue weighted by atomic mass is 10.5. The molecule has 1 aliphatic rings. The van der Waals surface area contributed by atoms with Crippen molar-refractivity contribution in [2.75, 3.05) is 7.05 Å². The van der Waals surface area contributed by atoms with Crippen LogP contribution in [0.15, 0.2) is 24.4 Å². The molecule has 1 N–H and O–H groups in total. The fraction of sp³-hybridized carbons (Fsp3) is 0.167. The van der Waals surface area contributed by atoms with Gasteiger partial charge in [-0.3, -0.25) is 5.41 Å². The van der Waals surface area contributed by atoms with Gasteiger partial charge in [-0.25, -0.2) is 0 Å². The molecule has 0 unspecified atom stereocenters. The predicted octanol–water partition coefficient (Wildman–Crippen LogP) is 0.979. The highest BCUT2D eigenvalue weighted by molar-refractivity contribution is 5.94. The van der Waals surface area contributed by atoms with E-state index in [1.54, 1.807) is 11.0 Å². The van der Waals surface area contributed by atoms with Crippen LogP contribution in [0.4, 0.5) is 0 Å². The topological polar surface area (TPSA) is 27.1 Å². The minimum Gasteiger partial charge on any atom is -0.331 e. The second kappa shape index (κ2) is 1.47. The number of hydrogen-bond donors (Lipinski definition) is 1. The predicted molar refractivity (Wildman–Crippen MR) is 33.8 cm³/mol. The summed E-state index contributed by atoms with van der Waals surface area (Å²) < 4.78 is 0. The highest BCUT2D eigenvalue weighted by Crippen LogP contribution is 2.08. The van der Waals surface area contributed by atoms with E-state index < -0.39 is 0 Å². The maximum Gasteiger partial charge on any atom is 0.124 e. The average molecular weight is 108 g/mol. The van der Waals surface area contributed by atoms with Gasteiger partial charge in [-0.2, -0.15) is 0 Å². The second-order valence-electron chi connectivity index (χ2n) is 1.77. The van der Waals surface area contributed by atoms with Crippen LogP contribution in [0.1, 0.15) is 0 Å². The van der Waals surface area contributed by atoms with E-state index in [1.807, 2.05) is 13.1 Å². The normalized spacial score (nSPS) is 18.4. The standard InChI is InChI=1S/C6H8N2/c1-5-3-4-6(7)8(5)2/h3-4,7H,1H2,2H3. The zero-order valence-corrected chi connectivity index (χ0v) is 4.81. The largest absolute Gasteiger partial charge is 0.331 e. The van der Waals surface area contributed by atoms with Gasteiger partial charge in [0.2, 0.25) is 0 Å². The van der Waals surface area contributed by atoms with E-state index in [2.05, 4.69) is 6.58 Å². The molecular weight excluding hydrogens is 100 g/mol. The first-order valence-electron chi connectivity index (χ1n) is 2.41. The van der Waals surface area contributed by atoms with Crippen molar-refractivity contribution in [3.8, 4) is 0 Å². The van der Waals surface area contributed by atoms with E-state index >= 15 is 0 Å². The van der Waals surface area contributed by atoms with Gasteiger partial charge in [0.15, 0.2) is 0 Å². The van der Waals surface area contributed by atoms with Gasteiger partial charge in [0.25, 0.3) is 0 Å². The number of nitrogens with zero attached hydrogens (tertiary/aromatic N) is 1. The van der Waals surface area contributed by atoms with Crippen LogP contribution in [-0.4, -0.2) is 17.8 Å². The van der Waals surface area contributed by atoms with E-state index in [-0.39, 0.29) is 0 Å². The zero-order valence-electron chi connectivity index (χ0n) is 4.81. The van der Waals surface area contributed by atoms with Crippen molar-refractivity contribution < 1.29 is 0 Å². The monoisotopic (exact) mass is 108 g/mol. The van der Waals surface area contributed by atoms with Crippen molar-refractivity contribution in [1.29, 1.82) is 5.41 Å². The number of rotatable bonds is 0. The van der Waals surface area contributed by atoms with E-state index in [9.17, 15) is 0 Å². The van der Waals surface area contributed by atoms with Gasteiger partial charge < -0.3 is 4.90 Å². The molecule has 0 amide bonds. The minimum absolute atomic E-state index is 0.509. The molecule has 0 aliphatic carbocycles. The smallest absolute Gasteiger partial charge is 0.124 e. The Bertz CT molecular complexity index is 149. The van der Waals surface area contributed by atoms with Gasteiger partial charge in [-0.1, -0.05) is 6.58 Å². The molecule has 0 bridgehead atoms. The fourth-order valence-electron chi connectivity index (χ4n) is 0.553. The molecule has 0 saturated carbocycles. The third kappa shape index (κ3) is 0.541. The second-order valence-corrected chi connectivity index (χ2v) is 1.77. The molecule has 2 heteroatoms. The molecule has 0 spiro atoms. The Hall–Kier alpha value is -1.05. The maximum atomic E-state index is 7.16. The van der Waals surface area contributed by atoms with Crippen molar-refractivity contribution in [1.82, 2.24) is 4.90 Å². The Morgan fingerprint density at radius 2 is 2.25 bits per heavy atom. The SMILES string of the molecule is C=C1C=CC(=N)N1C. The fourth-order valence-corrected chi connectivity index (χ4v) is 0.553. The minimum atomic E-state index is 0.509. The van der Waals surface area contributed by atoms with Crippen molar-refractivity contribution in [2.45, 2.75) is 0 Å². The number of amidine groups is 1. The molecule has 0 aromatic heterocycles. The lowest BCUT2D eigenvalue weighted by Crippen LogP contribution is -2.16. The van der Waals surface area contributed by atoms with E-state index in [0.29, 0.717) is 5.84 Å². The number of allylic oxidation sites excluding steroid dienone is 1. The summed E-state index contributed by atoms with van der Waals surface area (Å²) in [7, 11) is 1.82. The molecule has 2 nitrogen and oxygen atoms in total. The number of hydrogen-bond acceptors (Lipinski definition) is 1. The van der Waals surface area contributed by atoms with Crippen LogP contribution in [0.25, 0.3) is 0 Å². The van der Waals surface area contributed by atoms with Crippen molar-refractivity contribution in [2.24, 2.45) is 0 Å². The summed E-state index contributed by atoms with van der Waals surface area (Å²) in [5, 5.41) is 7.16. The Kier molecular flexibility index (Phi) is 0.938. The van der Waals surface area contributed by atoms with Crippen molar-refractivity contribution in [3.05, 3.63) is 24.4 Å². The average Bonchev–Trinajstić information content (AvgIpc) is 1.98. The van der Waals surface area contributed by atoms with Crippen LogP contribution in [-0.2, 0) is 0 Å². The Morgan fingerprint density at radius 3 is 2.38 bits per heavy atom. The molecule has 0 fully saturated rings. The summed E-state index contributed by atoms with van der Waals surface area (Å²) >= 11 is 0. The summed E-state index contributed by atoms with van der Waals surface area (Å²) in [5.41, 5.74) is 0.884. The van der Waals surface area contributed by atoms with Crippen molar-refractivity contribution in [3.63, 3.8) is 0 Å². The van der Waals surface area contributed by atoms with Gasteiger partial charge in [-0.05, 0) is 12.2 Å². The lowest BCUT2D eigenvalue weighted by Gasteiger charge is -2.09. The molecular formula is C6H8N2. The summed E-state index contributed by atoms with van der Waals surface area (Å²) in [6, 6.07) is 0. The molecule has 8 heavy (non-hydrogen) atoms. The highest BCUT2D eigenvalue weighted by atomic mass is 15.2. The molecule has 0 radical (unpaired) electrons. The quantitative estimate of drug-likeness (QED) is 0.492. The van der Waals surface area contributed by atoms with E-state index in [0.717, 1.165) is 5.70 Å². The Balaban J connectivity index is 2.84. The molecule has 1 rings (SSSR count). The number of nitrogens with one attached hydrogen (secondary N) is 1. The van der Waals surface area contributed by atoms with Crippen LogP contribution < -0.4 is 0 Å². The maximum absolute atomic E-state index is 7.16. The van der Waals surface area contributed by atoms with Crippen LogP contribution >= 0.6 is 0 Å². The Morgan fingerprint density at radius 1 is 1.62 bits per heavy atom. The summed E-state index contributed by atoms with van der Waals surface area (Å²) in [5.74, 6) is 0.509. The third-order valence-electron chi connectivity index (χ3n) is 1.23. The summed E-state index contributed by atoms with van der Waals surface area (Å²) in [4.78, 5) is 1.72. The first-order chi connectivity index (χ1) is 3.72. The first kappa shape index (κ1) is 5.09. The Labute approximate surface area is 48.6 Å². The summed E-state index contributed by atoms with van der Waals surface area (Å²) in [6.45, 7) is 3.68. The number of likely N-dealkylation sites (N-methyl/N-ethyl adjacent to an activating group) is 1. The van der Waals surface area contributed by atoms with Crippen LogP contribution in [0, 0.1) is 5.41 Å². The molecule has 0 aromatic carbocycles. The van der Waals surface area contributed by atoms with Crippen LogP contribution in [0.2, 0.25) is 0 Å². The van der Waals surface area contributed by atoms with Crippen LogP contribution in [0.5, 0.6) is 0 Å². The molecule has 1 aliphatic heterocycles. The van der Waals surface area contributed by atoms with Crippen molar-refractivity contribution >= 4 is 5.84 Å². The van der Waals surface area contributed by atoms with Gasteiger partial charge in [0.1, 0.15) is 5.84 Å². The highest BCUT2D eigenvalue weighted by Gasteiger charge is 2.07. The molecule has 0 saturated heterocycles. The molecule has 42 valence electrons. The zero-order chi connectivity index (χ0) is 6.15. The van der Waals surface area contributed by atoms with Gasteiger partial charge in [0, 0.05) is 12.7 Å². The lowest BCUT2D eigenvalue weighted by molar-refractivity contribution is 0.664. The van der Waals surface area contributed by atoms with E-state index in [4.69, 9.17) is 5.41 Å². The third-order valence-corrected chi connectivity index (χ3v) is 1.23. The molecule has 0 aromatic rings. The van der Waals surface area contributed by atoms with Gasteiger partial charge >= 0.3 is 0 Å². The first-order valence-corrected chi connectivity index (χ1v) is 2.41. The van der Waals surface area contributed by atoms with Crippen LogP contribution in [0.3, 0.4) is 0 Å².